The molecule has 0 N–H and O–H groups in total. The molecule has 41 heavy (non-hydrogen) atoms. The van der Waals surface area contributed by atoms with Crippen molar-refractivity contribution in [2.24, 2.45) is 11.8 Å². The highest BCUT2D eigenvalue weighted by Crippen LogP contribution is 2.29. The minimum Gasteiger partial charge on any atom is -0.339 e. The van der Waals surface area contributed by atoms with Gasteiger partial charge in [0.25, 0.3) is 11.5 Å². The molecule has 1 aromatic carbocycles. The Balaban J connectivity index is 1.58. The van der Waals surface area contributed by atoms with Gasteiger partial charge in [-0.1, -0.05) is 34.1 Å². The zero-order valence-electron chi connectivity index (χ0n) is 25.8. The minimum absolute atomic E-state index is 0.0128. The first-order chi connectivity index (χ1) is 19.7. The number of aromatic nitrogens is 3. The van der Waals surface area contributed by atoms with E-state index >= 15 is 0 Å². The molecule has 8 heteroatoms. The molecule has 5 rings (SSSR count). The molecule has 3 aromatic heterocycles. The van der Waals surface area contributed by atoms with E-state index in [9.17, 15) is 9.59 Å². The van der Waals surface area contributed by atoms with Crippen molar-refractivity contribution in [3.8, 4) is 0 Å². The largest absolute Gasteiger partial charge is 0.339 e. The zero-order valence-corrected chi connectivity index (χ0v) is 26.6. The van der Waals surface area contributed by atoms with Crippen LogP contribution in [0.25, 0.3) is 27.0 Å². The van der Waals surface area contributed by atoms with Crippen molar-refractivity contribution >= 4 is 44.3 Å². The van der Waals surface area contributed by atoms with Gasteiger partial charge >= 0.3 is 0 Å². The van der Waals surface area contributed by atoms with Crippen molar-refractivity contribution in [1.29, 1.82) is 0 Å². The van der Waals surface area contributed by atoms with Crippen LogP contribution in [0.2, 0.25) is 0 Å². The molecule has 0 spiro atoms. The van der Waals surface area contributed by atoms with Crippen molar-refractivity contribution < 1.29 is 4.79 Å². The number of carbonyl (C=O) groups is 1. The normalized spacial score (nSPS) is 14.8. The van der Waals surface area contributed by atoms with Crippen LogP contribution in [0.3, 0.4) is 0 Å². The standard InChI is InChI=1S/C33H47N5O2S/c1-22(2)13-19-36(20-14-23(3)4)31(39)26-11-12-27-28(21-26)37(18-10-17-35-15-8-7-9-16-35)33-34-30-29(32(40)38(27)33)24(5)25(6)41-30/h11-12,21-23H,7-10,13-20H2,1-6H3. The molecule has 0 atom stereocenters. The summed E-state index contributed by atoms with van der Waals surface area (Å²) in [7, 11) is 0. The first-order valence-corrected chi connectivity index (χ1v) is 16.4. The predicted octanol–water partition coefficient (Wildman–Crippen LogP) is 6.89. The van der Waals surface area contributed by atoms with Crippen molar-refractivity contribution in [1.82, 2.24) is 23.8 Å². The Labute approximate surface area is 248 Å². The Morgan fingerprint density at radius 2 is 1.66 bits per heavy atom. The van der Waals surface area contributed by atoms with Gasteiger partial charge in [0.1, 0.15) is 4.83 Å². The molecular weight excluding hydrogens is 530 g/mol. The highest BCUT2D eigenvalue weighted by Gasteiger charge is 2.22. The second-order valence-corrected chi connectivity index (χ2v) is 14.0. The van der Waals surface area contributed by atoms with Crippen LogP contribution in [-0.2, 0) is 6.54 Å². The number of benzene rings is 1. The number of thiophene rings is 1. The molecule has 0 bridgehead atoms. The number of likely N-dealkylation sites (tertiary alicyclic amines) is 1. The third-order valence-electron chi connectivity index (χ3n) is 8.73. The number of rotatable bonds is 11. The summed E-state index contributed by atoms with van der Waals surface area (Å²) in [5.74, 6) is 1.82. The van der Waals surface area contributed by atoms with E-state index in [1.165, 1.54) is 32.4 Å². The summed E-state index contributed by atoms with van der Waals surface area (Å²) >= 11 is 1.59. The highest BCUT2D eigenvalue weighted by molar-refractivity contribution is 7.18. The van der Waals surface area contributed by atoms with Crippen molar-refractivity contribution in [2.45, 2.75) is 86.6 Å². The lowest BCUT2D eigenvalue weighted by molar-refractivity contribution is 0.0741. The van der Waals surface area contributed by atoms with Crippen LogP contribution < -0.4 is 5.56 Å². The topological polar surface area (TPSA) is 62.9 Å². The summed E-state index contributed by atoms with van der Waals surface area (Å²) in [5, 5.41) is 0.714. The maximum absolute atomic E-state index is 13.9. The predicted molar refractivity (Wildman–Crippen MR) is 172 cm³/mol. The van der Waals surface area contributed by atoms with E-state index in [0.717, 1.165) is 71.7 Å². The SMILES string of the molecule is Cc1sc2nc3n(CCCN4CCCCC4)c4cc(C(=O)N(CCC(C)C)CCC(C)C)ccc4n3c(=O)c2c1C. The first kappa shape index (κ1) is 29.8. The summed E-state index contributed by atoms with van der Waals surface area (Å²) in [4.78, 5) is 39.4. The van der Waals surface area contributed by atoms with Gasteiger partial charge < -0.3 is 14.4 Å². The Hall–Kier alpha value is -2.71. The highest BCUT2D eigenvalue weighted by atomic mass is 32.1. The molecule has 4 heterocycles. The average Bonchev–Trinajstić information content (AvgIpc) is 3.41. The van der Waals surface area contributed by atoms with Crippen LogP contribution in [-0.4, -0.2) is 62.4 Å². The molecule has 1 aliphatic rings. The van der Waals surface area contributed by atoms with Gasteiger partial charge in [0, 0.05) is 30.1 Å². The molecular formula is C33H47N5O2S. The molecule has 1 fully saturated rings. The molecule has 0 saturated carbocycles. The average molecular weight is 578 g/mol. The quantitative estimate of drug-likeness (QED) is 0.195. The smallest absolute Gasteiger partial charge is 0.268 e. The maximum Gasteiger partial charge on any atom is 0.268 e. The van der Waals surface area contributed by atoms with Crippen LogP contribution in [0.4, 0.5) is 0 Å². The summed E-state index contributed by atoms with van der Waals surface area (Å²) in [6, 6.07) is 5.88. The first-order valence-electron chi connectivity index (χ1n) is 15.6. The van der Waals surface area contributed by atoms with E-state index in [-0.39, 0.29) is 11.5 Å². The van der Waals surface area contributed by atoms with Gasteiger partial charge in [-0.25, -0.2) is 9.38 Å². The van der Waals surface area contributed by atoms with E-state index < -0.39 is 0 Å². The van der Waals surface area contributed by atoms with Gasteiger partial charge in [-0.2, -0.15) is 0 Å². The zero-order chi connectivity index (χ0) is 29.3. The summed E-state index contributed by atoms with van der Waals surface area (Å²) in [6.07, 6.45) is 6.82. The minimum atomic E-state index is -0.0128. The molecule has 0 radical (unpaired) electrons. The van der Waals surface area contributed by atoms with E-state index in [1.807, 2.05) is 30.0 Å². The second kappa shape index (κ2) is 12.7. The van der Waals surface area contributed by atoms with Gasteiger partial charge in [0.2, 0.25) is 5.78 Å². The lowest BCUT2D eigenvalue weighted by Gasteiger charge is -2.26. The van der Waals surface area contributed by atoms with E-state index in [4.69, 9.17) is 4.98 Å². The number of nitrogens with zero attached hydrogens (tertiary/aromatic N) is 5. The number of hydrogen-bond acceptors (Lipinski definition) is 5. The summed E-state index contributed by atoms with van der Waals surface area (Å²) in [6.45, 7) is 18.5. The van der Waals surface area contributed by atoms with Crippen LogP contribution >= 0.6 is 11.3 Å². The van der Waals surface area contributed by atoms with Gasteiger partial charge in [-0.05, 0) is 101 Å². The fraction of sp³-hybridized carbons (Fsp3) is 0.606. The number of hydrogen-bond donors (Lipinski definition) is 0. The maximum atomic E-state index is 13.9. The van der Waals surface area contributed by atoms with Crippen LogP contribution in [0.15, 0.2) is 23.0 Å². The Morgan fingerprint density at radius 3 is 2.32 bits per heavy atom. The van der Waals surface area contributed by atoms with Gasteiger partial charge in [0.05, 0.1) is 16.4 Å². The number of amides is 1. The second-order valence-electron chi connectivity index (χ2n) is 12.8. The molecule has 4 aromatic rings. The van der Waals surface area contributed by atoms with E-state index in [1.54, 1.807) is 15.7 Å². The van der Waals surface area contributed by atoms with E-state index in [2.05, 4.69) is 44.1 Å². The number of aryl methyl sites for hydroxylation is 3. The molecule has 0 unspecified atom stereocenters. The van der Waals surface area contributed by atoms with Crippen molar-refractivity contribution in [2.75, 3.05) is 32.7 Å². The van der Waals surface area contributed by atoms with Crippen LogP contribution in [0.1, 0.15) is 87.0 Å². The van der Waals surface area contributed by atoms with Gasteiger partial charge in [0.15, 0.2) is 0 Å². The van der Waals surface area contributed by atoms with Crippen LogP contribution in [0, 0.1) is 25.7 Å². The van der Waals surface area contributed by atoms with Crippen molar-refractivity contribution in [3.05, 3.63) is 44.6 Å². The summed E-state index contributed by atoms with van der Waals surface area (Å²) in [5.41, 5.74) is 3.43. The molecule has 1 amide bonds. The monoisotopic (exact) mass is 577 g/mol. The van der Waals surface area contributed by atoms with Gasteiger partial charge in [-0.3, -0.25) is 9.59 Å². The Morgan fingerprint density at radius 1 is 0.976 bits per heavy atom. The molecule has 1 saturated heterocycles. The molecule has 7 nitrogen and oxygen atoms in total. The molecule has 0 aliphatic carbocycles. The third-order valence-corrected chi connectivity index (χ3v) is 9.83. The fourth-order valence-electron chi connectivity index (χ4n) is 6.03. The summed E-state index contributed by atoms with van der Waals surface area (Å²) < 4.78 is 3.97. The lowest BCUT2D eigenvalue weighted by Crippen LogP contribution is -2.34. The third kappa shape index (κ3) is 6.24. The number of carbonyl (C=O) groups excluding carboxylic acids is 1. The number of fused-ring (bicyclic) bond motifs is 4. The fourth-order valence-corrected chi connectivity index (χ4v) is 7.05. The molecule has 1 aliphatic heterocycles. The van der Waals surface area contributed by atoms with E-state index in [0.29, 0.717) is 28.6 Å². The number of piperidine rings is 1. The van der Waals surface area contributed by atoms with Gasteiger partial charge in [-0.15, -0.1) is 11.3 Å². The lowest BCUT2D eigenvalue weighted by atomic mass is 10.1. The number of imidazole rings is 1. The molecule has 222 valence electrons. The van der Waals surface area contributed by atoms with Crippen molar-refractivity contribution in [3.63, 3.8) is 0 Å². The Kier molecular flexibility index (Phi) is 9.19. The van der Waals surface area contributed by atoms with Crippen LogP contribution in [0.5, 0.6) is 0 Å². The Bertz CT molecular complexity index is 1580.